The van der Waals surface area contributed by atoms with Gasteiger partial charge in [0.2, 0.25) is 5.91 Å². The molecule has 3 nitrogen and oxygen atoms in total. The van der Waals surface area contributed by atoms with Gasteiger partial charge in [-0.05, 0) is 11.5 Å². The first-order chi connectivity index (χ1) is 5.63. The predicted octanol–water partition coefficient (Wildman–Crippen LogP) is 0.370. The monoisotopic (exact) mass is 168 g/mol. The Kier molecular flexibility index (Phi) is 2.87. The molecule has 0 aliphatic carbocycles. The van der Waals surface area contributed by atoms with E-state index in [1.807, 2.05) is 4.90 Å². The third-order valence-corrected chi connectivity index (χ3v) is 2.11. The number of carbonyl (C=O) groups is 1. The molecule has 1 fully saturated rings. The van der Waals surface area contributed by atoms with Gasteiger partial charge in [-0.3, -0.25) is 4.79 Å². The quantitative estimate of drug-likeness (QED) is 0.619. The number of nitrogens with two attached hydrogens (primary N) is 1. The average Bonchev–Trinajstić information content (AvgIpc) is 2.30. The second kappa shape index (κ2) is 3.72. The molecule has 0 aromatic rings. The lowest BCUT2D eigenvalue weighted by molar-refractivity contribution is -0.127. The normalized spacial score (nSPS) is 23.3. The average molecular weight is 168 g/mol. The Labute approximate surface area is 73.2 Å². The second-order valence-corrected chi connectivity index (χ2v) is 3.54. The van der Waals surface area contributed by atoms with E-state index in [9.17, 15) is 4.79 Å². The molecule has 0 aromatic carbocycles. The molecule has 1 heterocycles. The molecule has 3 heteroatoms. The zero-order valence-electron chi connectivity index (χ0n) is 7.55. The zero-order chi connectivity index (χ0) is 9.14. The molecular formula is C9H16N2O. The summed E-state index contributed by atoms with van der Waals surface area (Å²) in [6, 6.07) is 0. The van der Waals surface area contributed by atoms with E-state index in [1.165, 1.54) is 0 Å². The molecule has 0 aromatic heterocycles. The van der Waals surface area contributed by atoms with Gasteiger partial charge in [-0.15, -0.1) is 0 Å². The molecule has 1 rings (SSSR count). The zero-order valence-corrected chi connectivity index (χ0v) is 7.55. The smallest absolute Gasteiger partial charge is 0.223 e. The molecule has 0 radical (unpaired) electrons. The third-order valence-electron chi connectivity index (χ3n) is 2.11. The van der Waals surface area contributed by atoms with Crippen LogP contribution >= 0.6 is 0 Å². The van der Waals surface area contributed by atoms with E-state index in [1.54, 1.807) is 0 Å². The first kappa shape index (κ1) is 9.26. The van der Waals surface area contributed by atoms with Crippen molar-refractivity contribution in [3.05, 3.63) is 12.2 Å². The van der Waals surface area contributed by atoms with E-state index in [4.69, 9.17) is 5.73 Å². The molecule has 12 heavy (non-hydrogen) atoms. The maximum Gasteiger partial charge on any atom is 0.223 e. The van der Waals surface area contributed by atoms with Gasteiger partial charge in [0.25, 0.3) is 0 Å². The largest absolute Gasteiger partial charge is 0.338 e. The lowest BCUT2D eigenvalue weighted by Crippen LogP contribution is -2.28. The van der Waals surface area contributed by atoms with Crippen molar-refractivity contribution in [3.63, 3.8) is 0 Å². The number of rotatable bonds is 3. The maximum atomic E-state index is 11.3. The minimum Gasteiger partial charge on any atom is -0.338 e. The number of carbonyl (C=O) groups excluding carboxylic acids is 1. The van der Waals surface area contributed by atoms with Crippen molar-refractivity contribution in [2.45, 2.75) is 13.3 Å². The van der Waals surface area contributed by atoms with Crippen molar-refractivity contribution in [2.75, 3.05) is 19.6 Å². The van der Waals surface area contributed by atoms with Crippen molar-refractivity contribution in [3.8, 4) is 0 Å². The van der Waals surface area contributed by atoms with Crippen LogP contribution in [0.5, 0.6) is 0 Å². The highest BCUT2D eigenvalue weighted by Crippen LogP contribution is 2.17. The van der Waals surface area contributed by atoms with E-state index in [0.717, 1.165) is 12.1 Å². The van der Waals surface area contributed by atoms with Crippen molar-refractivity contribution in [1.82, 2.24) is 4.90 Å². The van der Waals surface area contributed by atoms with Gasteiger partial charge in [0.15, 0.2) is 0 Å². The van der Waals surface area contributed by atoms with Crippen LogP contribution in [0.2, 0.25) is 0 Å². The summed E-state index contributed by atoms with van der Waals surface area (Å²) in [4.78, 5) is 13.1. The van der Waals surface area contributed by atoms with E-state index in [2.05, 4.69) is 13.5 Å². The standard InChI is InChI=1S/C9H16N2O/c1-7-3-9(12)11(5-7)6-8(2)4-10/h7H,2-6,10H2,1H3. The highest BCUT2D eigenvalue weighted by molar-refractivity contribution is 5.78. The van der Waals surface area contributed by atoms with Crippen LogP contribution in [-0.2, 0) is 4.79 Å². The molecule has 0 spiro atoms. The summed E-state index contributed by atoms with van der Waals surface area (Å²) in [6.45, 7) is 7.83. The number of amides is 1. The molecular weight excluding hydrogens is 152 g/mol. The van der Waals surface area contributed by atoms with Crippen LogP contribution < -0.4 is 5.73 Å². The summed E-state index contributed by atoms with van der Waals surface area (Å²) in [5, 5.41) is 0. The Morgan fingerprint density at radius 3 is 2.92 bits per heavy atom. The van der Waals surface area contributed by atoms with Gasteiger partial charge in [0.1, 0.15) is 0 Å². The van der Waals surface area contributed by atoms with Gasteiger partial charge < -0.3 is 10.6 Å². The van der Waals surface area contributed by atoms with Crippen molar-refractivity contribution >= 4 is 5.91 Å². The van der Waals surface area contributed by atoms with E-state index >= 15 is 0 Å². The summed E-state index contributed by atoms with van der Waals surface area (Å²) >= 11 is 0. The summed E-state index contributed by atoms with van der Waals surface area (Å²) in [5.74, 6) is 0.722. The van der Waals surface area contributed by atoms with Crippen LogP contribution in [0, 0.1) is 5.92 Å². The Hall–Kier alpha value is -0.830. The first-order valence-electron chi connectivity index (χ1n) is 4.28. The highest BCUT2D eigenvalue weighted by atomic mass is 16.2. The summed E-state index contributed by atoms with van der Waals surface area (Å²) in [6.07, 6.45) is 0.678. The molecule has 2 N–H and O–H groups in total. The molecule has 0 bridgehead atoms. The minimum atomic E-state index is 0.233. The van der Waals surface area contributed by atoms with Gasteiger partial charge in [0, 0.05) is 26.1 Å². The Morgan fingerprint density at radius 2 is 2.50 bits per heavy atom. The maximum absolute atomic E-state index is 11.3. The van der Waals surface area contributed by atoms with Crippen LogP contribution in [0.3, 0.4) is 0 Å². The van der Waals surface area contributed by atoms with Crippen molar-refractivity contribution < 1.29 is 4.79 Å². The molecule has 0 saturated carbocycles. The lowest BCUT2D eigenvalue weighted by atomic mass is 10.2. The summed E-state index contributed by atoms with van der Waals surface area (Å²) < 4.78 is 0. The fraction of sp³-hybridized carbons (Fsp3) is 0.667. The highest BCUT2D eigenvalue weighted by Gasteiger charge is 2.25. The SMILES string of the molecule is C=C(CN)CN1CC(C)CC1=O. The number of hydrogen-bond acceptors (Lipinski definition) is 2. The minimum absolute atomic E-state index is 0.233. The van der Waals surface area contributed by atoms with Gasteiger partial charge in [-0.1, -0.05) is 13.5 Å². The van der Waals surface area contributed by atoms with Crippen LogP contribution in [-0.4, -0.2) is 30.4 Å². The molecule has 1 amide bonds. The van der Waals surface area contributed by atoms with Crippen molar-refractivity contribution in [1.29, 1.82) is 0 Å². The third kappa shape index (κ3) is 2.08. The molecule has 1 aliphatic heterocycles. The fourth-order valence-electron chi connectivity index (χ4n) is 1.46. The van der Waals surface area contributed by atoms with E-state index < -0.39 is 0 Å². The van der Waals surface area contributed by atoms with Crippen LogP contribution in [0.25, 0.3) is 0 Å². The first-order valence-corrected chi connectivity index (χ1v) is 4.28. The predicted molar refractivity (Wildman–Crippen MR) is 48.6 cm³/mol. The second-order valence-electron chi connectivity index (χ2n) is 3.54. The van der Waals surface area contributed by atoms with Crippen LogP contribution in [0.1, 0.15) is 13.3 Å². The summed E-state index contributed by atoms with van der Waals surface area (Å²) in [5.41, 5.74) is 6.32. The van der Waals surface area contributed by atoms with Gasteiger partial charge in [0.05, 0.1) is 0 Å². The van der Waals surface area contributed by atoms with Crippen LogP contribution in [0.15, 0.2) is 12.2 Å². The van der Waals surface area contributed by atoms with E-state index in [-0.39, 0.29) is 5.91 Å². The number of likely N-dealkylation sites (tertiary alicyclic amines) is 1. The Bertz CT molecular complexity index is 201. The molecule has 1 saturated heterocycles. The molecule has 1 unspecified atom stereocenters. The molecule has 1 atom stereocenters. The number of nitrogens with zero attached hydrogens (tertiary/aromatic N) is 1. The Morgan fingerprint density at radius 1 is 1.83 bits per heavy atom. The van der Waals surface area contributed by atoms with Gasteiger partial charge >= 0.3 is 0 Å². The molecule has 68 valence electrons. The topological polar surface area (TPSA) is 46.3 Å². The van der Waals surface area contributed by atoms with Crippen molar-refractivity contribution in [2.24, 2.45) is 11.7 Å². The summed E-state index contributed by atoms with van der Waals surface area (Å²) in [7, 11) is 0. The van der Waals surface area contributed by atoms with E-state index in [0.29, 0.717) is 25.4 Å². The molecule has 1 aliphatic rings. The number of hydrogen-bond donors (Lipinski definition) is 1. The Balaban J connectivity index is 2.43. The van der Waals surface area contributed by atoms with Gasteiger partial charge in [-0.2, -0.15) is 0 Å². The lowest BCUT2D eigenvalue weighted by Gasteiger charge is -2.16. The fourth-order valence-corrected chi connectivity index (χ4v) is 1.46. The van der Waals surface area contributed by atoms with Crippen LogP contribution in [0.4, 0.5) is 0 Å². The van der Waals surface area contributed by atoms with Gasteiger partial charge in [-0.25, -0.2) is 0 Å².